The summed E-state index contributed by atoms with van der Waals surface area (Å²) in [5.74, 6) is -0.269. The molecule has 0 bridgehead atoms. The third-order valence-electron chi connectivity index (χ3n) is 2.13. The van der Waals surface area contributed by atoms with E-state index in [4.69, 9.17) is 0 Å². The molecule has 1 N–H and O–H groups in total. The molecule has 0 aromatic carbocycles. The second-order valence-electron chi connectivity index (χ2n) is 2.97. The molecule has 0 radical (unpaired) electrons. The first kappa shape index (κ1) is 10.1. The summed E-state index contributed by atoms with van der Waals surface area (Å²) in [6.07, 6.45) is 1.08. The van der Waals surface area contributed by atoms with Gasteiger partial charge >= 0.3 is 0 Å². The first-order valence-electron chi connectivity index (χ1n) is 3.43. The van der Waals surface area contributed by atoms with E-state index < -0.39 is 5.41 Å². The van der Waals surface area contributed by atoms with Crippen LogP contribution in [0, 0.1) is 5.41 Å². The molecule has 1 fully saturated rings. The van der Waals surface area contributed by atoms with Gasteiger partial charge in [-0.25, -0.2) is 0 Å². The minimum atomic E-state index is -0.433. The molecule has 64 valence electrons. The number of hydrogen-bond acceptors (Lipinski definition) is 2. The molecule has 0 spiro atoms. The van der Waals surface area contributed by atoms with Gasteiger partial charge in [0.2, 0.25) is 11.8 Å². The smallest absolute Gasteiger partial charge is 0.232 e. The van der Waals surface area contributed by atoms with Crippen LogP contribution in [0.5, 0.6) is 0 Å². The molecule has 1 aliphatic heterocycles. The molecule has 2 amide bonds. The number of rotatable bonds is 1. The van der Waals surface area contributed by atoms with E-state index in [9.17, 15) is 9.59 Å². The largest absolute Gasteiger partial charge is 0.296 e. The molecule has 0 aliphatic carbocycles. The van der Waals surface area contributed by atoms with Gasteiger partial charge < -0.3 is 0 Å². The lowest BCUT2D eigenvalue weighted by atomic mass is 9.86. The molecule has 1 aliphatic rings. The lowest BCUT2D eigenvalue weighted by molar-refractivity contribution is -0.128. The zero-order valence-corrected chi connectivity index (χ0v) is 6.23. The number of imide groups is 1. The van der Waals surface area contributed by atoms with E-state index in [0.717, 1.165) is 6.42 Å². The van der Waals surface area contributed by atoms with E-state index in [1.165, 1.54) is 0 Å². The number of nitrogens with one attached hydrogen (secondary N) is 1. The minimum absolute atomic E-state index is 0. The monoisotopic (exact) mass is 157 g/mol. The third kappa shape index (κ3) is 1.59. The highest BCUT2D eigenvalue weighted by Gasteiger charge is 2.40. The number of carbonyl (C=O) groups excluding carboxylic acids is 2. The van der Waals surface area contributed by atoms with Crippen LogP contribution in [0.2, 0.25) is 0 Å². The number of carbonyl (C=O) groups is 2. The van der Waals surface area contributed by atoms with Gasteiger partial charge in [-0.1, -0.05) is 21.3 Å². The van der Waals surface area contributed by atoms with E-state index in [1.54, 1.807) is 0 Å². The quantitative estimate of drug-likeness (QED) is 0.579. The Morgan fingerprint density at radius 2 is 2.09 bits per heavy atom. The first-order valence-corrected chi connectivity index (χ1v) is 3.43. The Kier molecular flexibility index (Phi) is 2.79. The maximum Gasteiger partial charge on any atom is 0.232 e. The fourth-order valence-electron chi connectivity index (χ4n) is 1.04. The Hall–Kier alpha value is -0.860. The summed E-state index contributed by atoms with van der Waals surface area (Å²) in [5, 5.41) is 2.28. The highest BCUT2D eigenvalue weighted by molar-refractivity contribution is 6.05. The molecule has 1 heterocycles. The Morgan fingerprint density at radius 1 is 1.55 bits per heavy atom. The molecule has 0 aromatic heterocycles. The summed E-state index contributed by atoms with van der Waals surface area (Å²) < 4.78 is 0. The molecule has 3 heteroatoms. The third-order valence-corrected chi connectivity index (χ3v) is 2.13. The van der Waals surface area contributed by atoms with Crippen LogP contribution in [0.4, 0.5) is 0 Å². The van der Waals surface area contributed by atoms with E-state index >= 15 is 0 Å². The topological polar surface area (TPSA) is 46.2 Å². The van der Waals surface area contributed by atoms with Crippen molar-refractivity contribution < 1.29 is 9.59 Å². The summed E-state index contributed by atoms with van der Waals surface area (Å²) in [6.45, 7) is 3.73. The second kappa shape index (κ2) is 3.03. The molecular formula is C8H15NO2. The normalized spacial score (nSPS) is 29.6. The molecule has 0 saturated carbocycles. The minimum Gasteiger partial charge on any atom is -0.296 e. The average molecular weight is 157 g/mol. The van der Waals surface area contributed by atoms with Crippen molar-refractivity contribution in [3.63, 3.8) is 0 Å². The van der Waals surface area contributed by atoms with Crippen molar-refractivity contribution >= 4 is 11.8 Å². The van der Waals surface area contributed by atoms with Gasteiger partial charge in [0.05, 0.1) is 5.41 Å². The maximum absolute atomic E-state index is 11.0. The zero-order chi connectivity index (χ0) is 7.78. The first-order chi connectivity index (χ1) is 4.58. The van der Waals surface area contributed by atoms with Crippen molar-refractivity contribution in [2.24, 2.45) is 5.41 Å². The summed E-state index contributed by atoms with van der Waals surface area (Å²) in [5.41, 5.74) is -0.433. The SMILES string of the molecule is C.CCC1(C)CC(=O)NC1=O. The van der Waals surface area contributed by atoms with E-state index in [1.807, 2.05) is 13.8 Å². The standard InChI is InChI=1S/C7H11NO2.CH4/c1-3-7(2)4-5(9)8-6(7)10;/h3-4H2,1-2H3,(H,8,9,10);1H4. The van der Waals surface area contributed by atoms with Crippen molar-refractivity contribution in [3.8, 4) is 0 Å². The van der Waals surface area contributed by atoms with Crippen LogP contribution in [0.3, 0.4) is 0 Å². The fourth-order valence-corrected chi connectivity index (χ4v) is 1.04. The molecule has 1 atom stereocenters. The maximum atomic E-state index is 11.0. The van der Waals surface area contributed by atoms with Crippen molar-refractivity contribution in [2.75, 3.05) is 0 Å². The van der Waals surface area contributed by atoms with Crippen molar-refractivity contribution in [3.05, 3.63) is 0 Å². The highest BCUT2D eigenvalue weighted by Crippen LogP contribution is 2.29. The predicted molar refractivity (Wildman–Crippen MR) is 42.9 cm³/mol. The van der Waals surface area contributed by atoms with Gasteiger partial charge in [0.1, 0.15) is 0 Å². The highest BCUT2D eigenvalue weighted by atomic mass is 16.2. The van der Waals surface area contributed by atoms with E-state index in [0.29, 0.717) is 6.42 Å². The summed E-state index contributed by atoms with van der Waals surface area (Å²) >= 11 is 0. The van der Waals surface area contributed by atoms with Crippen LogP contribution < -0.4 is 5.32 Å². The molecule has 1 saturated heterocycles. The van der Waals surface area contributed by atoms with Gasteiger partial charge in [-0.2, -0.15) is 0 Å². The van der Waals surface area contributed by atoms with Gasteiger partial charge in [-0.05, 0) is 6.42 Å². The molecule has 11 heavy (non-hydrogen) atoms. The van der Waals surface area contributed by atoms with Crippen LogP contribution in [-0.4, -0.2) is 11.8 Å². The molecule has 3 nitrogen and oxygen atoms in total. The van der Waals surface area contributed by atoms with Gasteiger partial charge in [-0.15, -0.1) is 0 Å². The van der Waals surface area contributed by atoms with Crippen LogP contribution in [-0.2, 0) is 9.59 Å². The Balaban J connectivity index is 0.000001000. The van der Waals surface area contributed by atoms with Gasteiger partial charge in [0, 0.05) is 6.42 Å². The van der Waals surface area contributed by atoms with Crippen LogP contribution in [0.1, 0.15) is 34.1 Å². The Bertz CT molecular complexity index is 189. The molecule has 1 rings (SSSR count). The average Bonchev–Trinajstić information content (AvgIpc) is 2.09. The lowest BCUT2D eigenvalue weighted by Gasteiger charge is -2.14. The lowest BCUT2D eigenvalue weighted by Crippen LogP contribution is -2.28. The molecular weight excluding hydrogens is 142 g/mol. The Morgan fingerprint density at radius 3 is 2.27 bits per heavy atom. The van der Waals surface area contributed by atoms with E-state index in [-0.39, 0.29) is 19.2 Å². The second-order valence-corrected chi connectivity index (χ2v) is 2.97. The number of amides is 2. The van der Waals surface area contributed by atoms with Gasteiger partial charge in [-0.3, -0.25) is 14.9 Å². The van der Waals surface area contributed by atoms with Gasteiger partial charge in [0.25, 0.3) is 0 Å². The van der Waals surface area contributed by atoms with E-state index in [2.05, 4.69) is 5.32 Å². The van der Waals surface area contributed by atoms with Crippen molar-refractivity contribution in [2.45, 2.75) is 34.1 Å². The summed E-state index contributed by atoms with van der Waals surface area (Å²) in [4.78, 5) is 21.7. The number of hydrogen-bond donors (Lipinski definition) is 1. The summed E-state index contributed by atoms with van der Waals surface area (Å²) in [7, 11) is 0. The van der Waals surface area contributed by atoms with Gasteiger partial charge in [0.15, 0.2) is 0 Å². The van der Waals surface area contributed by atoms with Crippen LogP contribution in [0.15, 0.2) is 0 Å². The van der Waals surface area contributed by atoms with Crippen LogP contribution >= 0.6 is 0 Å². The summed E-state index contributed by atoms with van der Waals surface area (Å²) in [6, 6.07) is 0. The molecule has 0 aromatic rings. The Labute approximate surface area is 67.2 Å². The van der Waals surface area contributed by atoms with Crippen molar-refractivity contribution in [1.82, 2.24) is 5.32 Å². The van der Waals surface area contributed by atoms with Crippen molar-refractivity contribution in [1.29, 1.82) is 0 Å². The van der Waals surface area contributed by atoms with Crippen LogP contribution in [0.25, 0.3) is 0 Å². The zero-order valence-electron chi connectivity index (χ0n) is 6.23. The predicted octanol–water partition coefficient (Wildman–Crippen LogP) is 1.09. The molecule has 1 unspecified atom stereocenters. The fraction of sp³-hybridized carbons (Fsp3) is 0.750.